The molecule has 1 heterocycles. The Hall–Kier alpha value is -3.40. The highest BCUT2D eigenvalue weighted by atomic mass is 16.2. The van der Waals surface area contributed by atoms with Crippen molar-refractivity contribution in [2.75, 3.05) is 4.90 Å². The zero-order chi connectivity index (χ0) is 23.8. The fourth-order valence-corrected chi connectivity index (χ4v) is 5.13. The van der Waals surface area contributed by atoms with Crippen LogP contribution in [-0.4, -0.2) is 23.7 Å². The normalized spacial score (nSPS) is 15.1. The Morgan fingerprint density at radius 3 is 2.58 bits per heavy atom. The van der Waals surface area contributed by atoms with E-state index < -0.39 is 0 Å². The van der Waals surface area contributed by atoms with Crippen molar-refractivity contribution in [3.63, 3.8) is 0 Å². The number of carbonyl (C=O) groups is 1. The molecule has 0 saturated heterocycles. The molecule has 4 rings (SSSR count). The standard InChI is InChI=1S/C29H33N3O/c1-19(2)32-27-14-20(3)24(15-26(27)21(4)17-29(32,5)6)18-30-31-28(33)16-23-12-9-11-22-10-7-8-13-25(22)23/h7-15,17-19H,16H2,1-6H3,(H,31,33)/b30-18-. The van der Waals surface area contributed by atoms with Crippen LogP contribution < -0.4 is 10.3 Å². The summed E-state index contributed by atoms with van der Waals surface area (Å²) >= 11 is 0. The molecule has 3 aromatic rings. The van der Waals surface area contributed by atoms with E-state index in [-0.39, 0.29) is 11.4 Å². The molecular formula is C29H33N3O. The molecule has 0 unspecified atom stereocenters. The van der Waals surface area contributed by atoms with E-state index in [1.807, 2.05) is 24.3 Å². The second-order valence-corrected chi connectivity index (χ2v) is 9.78. The summed E-state index contributed by atoms with van der Waals surface area (Å²) in [5.41, 5.74) is 9.56. The molecule has 0 spiro atoms. The van der Waals surface area contributed by atoms with Gasteiger partial charge in [-0.3, -0.25) is 4.79 Å². The first-order chi connectivity index (χ1) is 15.7. The molecule has 170 valence electrons. The van der Waals surface area contributed by atoms with Gasteiger partial charge in [0.2, 0.25) is 5.91 Å². The third kappa shape index (κ3) is 4.56. The van der Waals surface area contributed by atoms with Crippen molar-refractivity contribution in [3.05, 3.63) is 82.9 Å². The van der Waals surface area contributed by atoms with Crippen molar-refractivity contribution < 1.29 is 4.79 Å². The number of fused-ring (bicyclic) bond motifs is 2. The zero-order valence-electron chi connectivity index (χ0n) is 20.4. The van der Waals surface area contributed by atoms with Crippen LogP contribution in [0.25, 0.3) is 16.3 Å². The molecule has 0 atom stereocenters. The first-order valence-corrected chi connectivity index (χ1v) is 11.6. The summed E-state index contributed by atoms with van der Waals surface area (Å²) in [5.74, 6) is -0.123. The highest BCUT2D eigenvalue weighted by Crippen LogP contribution is 2.41. The van der Waals surface area contributed by atoms with Crippen LogP contribution in [0.5, 0.6) is 0 Å². The molecule has 1 aliphatic rings. The summed E-state index contributed by atoms with van der Waals surface area (Å²) in [5, 5.41) is 6.52. The van der Waals surface area contributed by atoms with Gasteiger partial charge in [-0.1, -0.05) is 48.5 Å². The van der Waals surface area contributed by atoms with E-state index >= 15 is 0 Å². The molecule has 0 aliphatic carbocycles. The first-order valence-electron chi connectivity index (χ1n) is 11.6. The third-order valence-electron chi connectivity index (χ3n) is 6.40. The number of nitrogens with zero attached hydrogens (tertiary/aromatic N) is 2. The molecule has 0 radical (unpaired) electrons. The Balaban J connectivity index is 1.53. The van der Waals surface area contributed by atoms with E-state index in [0.717, 1.165) is 27.5 Å². The Morgan fingerprint density at radius 1 is 1.09 bits per heavy atom. The van der Waals surface area contributed by atoms with Crippen molar-refractivity contribution in [1.82, 2.24) is 5.43 Å². The molecular weight excluding hydrogens is 406 g/mol. The van der Waals surface area contributed by atoms with Crippen LogP contribution in [0.4, 0.5) is 5.69 Å². The van der Waals surface area contributed by atoms with Crippen LogP contribution in [0.3, 0.4) is 0 Å². The summed E-state index contributed by atoms with van der Waals surface area (Å²) in [7, 11) is 0. The van der Waals surface area contributed by atoms with Crippen molar-refractivity contribution in [2.24, 2.45) is 5.10 Å². The summed E-state index contributed by atoms with van der Waals surface area (Å²) in [6.07, 6.45) is 4.38. The fourth-order valence-electron chi connectivity index (χ4n) is 5.13. The maximum atomic E-state index is 12.6. The van der Waals surface area contributed by atoms with Gasteiger partial charge in [0.1, 0.15) is 0 Å². The Labute approximate surface area is 197 Å². The first kappa shape index (κ1) is 22.8. The number of carbonyl (C=O) groups excluding carboxylic acids is 1. The number of allylic oxidation sites excluding steroid dienone is 1. The molecule has 4 nitrogen and oxygen atoms in total. The molecule has 1 amide bonds. The van der Waals surface area contributed by atoms with E-state index in [1.54, 1.807) is 6.21 Å². The van der Waals surface area contributed by atoms with Gasteiger partial charge in [0, 0.05) is 17.3 Å². The number of hydrogen-bond donors (Lipinski definition) is 1. The molecule has 0 saturated carbocycles. The number of rotatable bonds is 5. The summed E-state index contributed by atoms with van der Waals surface area (Å²) in [6, 6.07) is 19.0. The minimum absolute atomic E-state index is 0.0388. The summed E-state index contributed by atoms with van der Waals surface area (Å²) in [6.45, 7) is 13.2. The van der Waals surface area contributed by atoms with Crippen LogP contribution in [0, 0.1) is 6.92 Å². The van der Waals surface area contributed by atoms with E-state index in [0.29, 0.717) is 12.5 Å². The van der Waals surface area contributed by atoms with Crippen LogP contribution in [0.2, 0.25) is 0 Å². The number of anilines is 1. The predicted octanol–water partition coefficient (Wildman–Crippen LogP) is 6.25. The zero-order valence-corrected chi connectivity index (χ0v) is 20.4. The van der Waals surface area contributed by atoms with Gasteiger partial charge >= 0.3 is 0 Å². The maximum absolute atomic E-state index is 12.6. The van der Waals surface area contributed by atoms with Gasteiger partial charge in [0.05, 0.1) is 18.2 Å². The van der Waals surface area contributed by atoms with E-state index in [1.165, 1.54) is 16.8 Å². The van der Waals surface area contributed by atoms with Crippen LogP contribution in [0.15, 0.2) is 65.8 Å². The molecule has 3 aromatic carbocycles. The van der Waals surface area contributed by atoms with E-state index in [4.69, 9.17) is 0 Å². The number of amides is 1. The SMILES string of the molecule is CC1=CC(C)(C)N(C(C)C)c2cc(C)c(/C=N\NC(=O)Cc3cccc4ccccc34)cc21. The molecule has 4 heteroatoms. The lowest BCUT2D eigenvalue weighted by atomic mass is 9.86. The molecule has 0 bridgehead atoms. The highest BCUT2D eigenvalue weighted by Gasteiger charge is 2.33. The number of nitrogens with one attached hydrogen (secondary N) is 1. The lowest BCUT2D eigenvalue weighted by Crippen LogP contribution is -2.49. The second-order valence-electron chi connectivity index (χ2n) is 9.78. The van der Waals surface area contributed by atoms with E-state index in [2.05, 4.69) is 93.4 Å². The fraction of sp³-hybridized carbons (Fsp3) is 0.310. The van der Waals surface area contributed by atoms with Crippen LogP contribution in [-0.2, 0) is 11.2 Å². The van der Waals surface area contributed by atoms with Gasteiger partial charge < -0.3 is 4.90 Å². The monoisotopic (exact) mass is 439 g/mol. The smallest absolute Gasteiger partial charge is 0.244 e. The van der Waals surface area contributed by atoms with Gasteiger partial charge in [0.25, 0.3) is 0 Å². The minimum Gasteiger partial charge on any atom is -0.360 e. The molecule has 0 fully saturated rings. The lowest BCUT2D eigenvalue weighted by Gasteiger charge is -2.46. The van der Waals surface area contributed by atoms with Gasteiger partial charge in [-0.25, -0.2) is 5.43 Å². The van der Waals surface area contributed by atoms with Gasteiger partial charge in [-0.2, -0.15) is 5.10 Å². The van der Waals surface area contributed by atoms with Crippen molar-refractivity contribution in [2.45, 2.75) is 59.5 Å². The third-order valence-corrected chi connectivity index (χ3v) is 6.40. The largest absolute Gasteiger partial charge is 0.360 e. The number of hydrazone groups is 1. The Bertz CT molecular complexity index is 1260. The van der Waals surface area contributed by atoms with Gasteiger partial charge in [-0.15, -0.1) is 0 Å². The molecule has 0 aromatic heterocycles. The van der Waals surface area contributed by atoms with Crippen LogP contribution in [0.1, 0.15) is 56.9 Å². The number of hydrogen-bond acceptors (Lipinski definition) is 3. The average Bonchev–Trinajstić information content (AvgIpc) is 2.74. The molecule has 1 aliphatic heterocycles. The Kier molecular flexibility index (Phi) is 6.11. The Morgan fingerprint density at radius 2 is 1.82 bits per heavy atom. The second kappa shape index (κ2) is 8.86. The van der Waals surface area contributed by atoms with Crippen LogP contribution >= 0.6 is 0 Å². The number of aryl methyl sites for hydroxylation is 1. The quantitative estimate of drug-likeness (QED) is 0.377. The minimum atomic E-state index is -0.123. The molecule has 1 N–H and O–H groups in total. The number of benzene rings is 3. The van der Waals surface area contributed by atoms with E-state index in [9.17, 15) is 4.79 Å². The lowest BCUT2D eigenvalue weighted by molar-refractivity contribution is -0.120. The highest BCUT2D eigenvalue weighted by molar-refractivity contribution is 5.92. The average molecular weight is 440 g/mol. The summed E-state index contributed by atoms with van der Waals surface area (Å²) in [4.78, 5) is 15.0. The van der Waals surface area contributed by atoms with Crippen molar-refractivity contribution in [3.8, 4) is 0 Å². The molecule has 33 heavy (non-hydrogen) atoms. The van der Waals surface area contributed by atoms with Crippen molar-refractivity contribution in [1.29, 1.82) is 0 Å². The van der Waals surface area contributed by atoms with Gasteiger partial charge in [-0.05, 0) is 86.7 Å². The van der Waals surface area contributed by atoms with Crippen molar-refractivity contribution >= 4 is 34.2 Å². The topological polar surface area (TPSA) is 44.7 Å². The predicted molar refractivity (Wildman–Crippen MR) is 140 cm³/mol. The summed E-state index contributed by atoms with van der Waals surface area (Å²) < 4.78 is 0. The maximum Gasteiger partial charge on any atom is 0.244 e. The van der Waals surface area contributed by atoms with Gasteiger partial charge in [0.15, 0.2) is 0 Å².